The van der Waals surface area contributed by atoms with Crippen LogP contribution in [0.15, 0.2) is 59.4 Å². The molecule has 23 heavy (non-hydrogen) atoms. The van der Waals surface area contributed by atoms with Crippen molar-refractivity contribution in [3.8, 4) is 5.75 Å². The number of carboxylic acids is 1. The number of nitrogens with zero attached hydrogens (tertiary/aromatic N) is 1. The minimum absolute atomic E-state index is 0.178. The quantitative estimate of drug-likeness (QED) is 0.804. The second kappa shape index (κ2) is 5.96. The molecule has 0 aliphatic heterocycles. The van der Waals surface area contributed by atoms with Crippen LogP contribution in [0.1, 0.15) is 15.9 Å². The summed E-state index contributed by atoms with van der Waals surface area (Å²) in [6.07, 6.45) is 0. The van der Waals surface area contributed by atoms with Crippen LogP contribution in [0.25, 0.3) is 10.9 Å². The summed E-state index contributed by atoms with van der Waals surface area (Å²) in [7, 11) is 1.58. The molecule has 5 heteroatoms. The lowest BCUT2D eigenvalue weighted by molar-refractivity contribution is 0.0695. The second-order valence-corrected chi connectivity index (χ2v) is 5.14. The number of carbonyl (C=O) groups is 1. The number of hydrogen-bond donors (Lipinski definition) is 1. The summed E-state index contributed by atoms with van der Waals surface area (Å²) in [6.45, 7) is 0.199. The van der Waals surface area contributed by atoms with Gasteiger partial charge in [-0.05, 0) is 35.9 Å². The summed E-state index contributed by atoms with van der Waals surface area (Å²) >= 11 is 0. The molecule has 5 nitrogen and oxygen atoms in total. The number of pyridine rings is 1. The number of ether oxygens (including phenoxy) is 1. The van der Waals surface area contributed by atoms with Crippen molar-refractivity contribution >= 4 is 16.9 Å². The lowest BCUT2D eigenvalue weighted by Gasteiger charge is -2.12. The van der Waals surface area contributed by atoms with E-state index in [1.807, 2.05) is 6.07 Å². The predicted molar refractivity (Wildman–Crippen MR) is 87.3 cm³/mol. The van der Waals surface area contributed by atoms with Gasteiger partial charge >= 0.3 is 5.97 Å². The lowest BCUT2D eigenvalue weighted by Crippen LogP contribution is -2.21. The van der Waals surface area contributed by atoms with E-state index in [1.54, 1.807) is 48.1 Å². The van der Waals surface area contributed by atoms with E-state index in [9.17, 15) is 14.7 Å². The number of carboxylic acid groups (broad SMARTS) is 1. The van der Waals surface area contributed by atoms with Gasteiger partial charge in [-0.2, -0.15) is 0 Å². The van der Waals surface area contributed by atoms with Crippen LogP contribution in [0.2, 0.25) is 0 Å². The minimum Gasteiger partial charge on any atom is -0.497 e. The smallest absolute Gasteiger partial charge is 0.336 e. The van der Waals surface area contributed by atoms with Crippen LogP contribution in [-0.2, 0) is 6.54 Å². The molecule has 0 saturated heterocycles. The van der Waals surface area contributed by atoms with Gasteiger partial charge in [0, 0.05) is 11.5 Å². The third-order valence-corrected chi connectivity index (χ3v) is 3.77. The number of aromatic carboxylic acids is 1. The third kappa shape index (κ3) is 2.81. The molecule has 3 aromatic rings. The molecule has 3 rings (SSSR count). The Morgan fingerprint density at radius 3 is 2.65 bits per heavy atom. The highest BCUT2D eigenvalue weighted by molar-refractivity contribution is 5.89. The van der Waals surface area contributed by atoms with Gasteiger partial charge in [0.25, 0.3) is 5.56 Å². The van der Waals surface area contributed by atoms with Crippen molar-refractivity contribution in [1.82, 2.24) is 4.57 Å². The van der Waals surface area contributed by atoms with E-state index in [4.69, 9.17) is 4.74 Å². The standard InChI is InChI=1S/C18H15NO4/c1-23-14-7-8-16-12(10-14)6-9-17(20)19(16)11-13-4-2-3-5-15(13)18(21)22/h2-10H,11H2,1H3,(H,21,22). The van der Waals surface area contributed by atoms with Gasteiger partial charge in [-0.1, -0.05) is 18.2 Å². The highest BCUT2D eigenvalue weighted by Crippen LogP contribution is 2.20. The van der Waals surface area contributed by atoms with Crippen LogP contribution in [0.3, 0.4) is 0 Å². The van der Waals surface area contributed by atoms with Crippen molar-refractivity contribution in [2.24, 2.45) is 0 Å². The van der Waals surface area contributed by atoms with Crippen molar-refractivity contribution in [3.63, 3.8) is 0 Å². The molecule has 1 heterocycles. The Morgan fingerprint density at radius 1 is 1.13 bits per heavy atom. The van der Waals surface area contributed by atoms with E-state index in [1.165, 1.54) is 12.1 Å². The van der Waals surface area contributed by atoms with Crippen LogP contribution < -0.4 is 10.3 Å². The van der Waals surface area contributed by atoms with E-state index < -0.39 is 5.97 Å². The van der Waals surface area contributed by atoms with Crippen molar-refractivity contribution < 1.29 is 14.6 Å². The van der Waals surface area contributed by atoms with Crippen LogP contribution in [0.4, 0.5) is 0 Å². The molecule has 0 aliphatic rings. The van der Waals surface area contributed by atoms with Gasteiger partial charge in [-0.25, -0.2) is 4.79 Å². The average molecular weight is 309 g/mol. The van der Waals surface area contributed by atoms with Gasteiger partial charge in [0.05, 0.1) is 24.7 Å². The van der Waals surface area contributed by atoms with Gasteiger partial charge in [-0.15, -0.1) is 0 Å². The number of fused-ring (bicyclic) bond motifs is 1. The largest absolute Gasteiger partial charge is 0.497 e. The molecule has 0 bridgehead atoms. The summed E-state index contributed by atoms with van der Waals surface area (Å²) in [4.78, 5) is 23.6. The fraction of sp³-hybridized carbons (Fsp3) is 0.111. The summed E-state index contributed by atoms with van der Waals surface area (Å²) in [5, 5.41) is 10.1. The van der Waals surface area contributed by atoms with Gasteiger partial charge in [0.15, 0.2) is 0 Å². The molecule has 0 saturated carbocycles. The highest BCUT2D eigenvalue weighted by atomic mass is 16.5. The first-order valence-corrected chi connectivity index (χ1v) is 7.09. The van der Waals surface area contributed by atoms with Crippen molar-refractivity contribution in [3.05, 3.63) is 76.1 Å². The van der Waals surface area contributed by atoms with E-state index in [0.29, 0.717) is 11.3 Å². The molecule has 1 aromatic heterocycles. The van der Waals surface area contributed by atoms with E-state index in [2.05, 4.69) is 0 Å². The predicted octanol–water partition coefficient (Wildman–Crippen LogP) is 2.76. The summed E-state index contributed by atoms with van der Waals surface area (Å²) in [5.74, 6) is -0.302. The zero-order valence-electron chi connectivity index (χ0n) is 12.5. The lowest BCUT2D eigenvalue weighted by atomic mass is 10.1. The maximum absolute atomic E-state index is 12.3. The summed E-state index contributed by atoms with van der Waals surface area (Å²) in [5.41, 5.74) is 1.34. The number of aromatic nitrogens is 1. The second-order valence-electron chi connectivity index (χ2n) is 5.14. The molecule has 0 spiro atoms. The molecule has 0 aliphatic carbocycles. The molecule has 0 amide bonds. The monoisotopic (exact) mass is 309 g/mol. The number of benzene rings is 2. The van der Waals surface area contributed by atoms with Gasteiger partial charge in [0.2, 0.25) is 0 Å². The Balaban J connectivity index is 2.15. The highest BCUT2D eigenvalue weighted by Gasteiger charge is 2.11. The topological polar surface area (TPSA) is 68.5 Å². The Kier molecular flexibility index (Phi) is 3.85. The zero-order valence-corrected chi connectivity index (χ0v) is 12.5. The van der Waals surface area contributed by atoms with Crippen molar-refractivity contribution in [2.75, 3.05) is 7.11 Å². The molecular formula is C18H15NO4. The normalized spacial score (nSPS) is 10.7. The zero-order chi connectivity index (χ0) is 16.4. The molecule has 0 radical (unpaired) electrons. The Hall–Kier alpha value is -3.08. The first kappa shape index (κ1) is 14.8. The van der Waals surface area contributed by atoms with Crippen LogP contribution >= 0.6 is 0 Å². The van der Waals surface area contributed by atoms with E-state index in [-0.39, 0.29) is 17.7 Å². The molecular weight excluding hydrogens is 294 g/mol. The van der Waals surface area contributed by atoms with E-state index >= 15 is 0 Å². The average Bonchev–Trinajstić information content (AvgIpc) is 2.57. The first-order valence-electron chi connectivity index (χ1n) is 7.09. The molecule has 116 valence electrons. The maximum Gasteiger partial charge on any atom is 0.336 e. The third-order valence-electron chi connectivity index (χ3n) is 3.77. The van der Waals surface area contributed by atoms with Gasteiger partial charge < -0.3 is 14.4 Å². The fourth-order valence-corrected chi connectivity index (χ4v) is 2.61. The van der Waals surface area contributed by atoms with Gasteiger partial charge in [-0.3, -0.25) is 4.79 Å². The summed E-state index contributed by atoms with van der Waals surface area (Å²) < 4.78 is 6.76. The first-order chi connectivity index (χ1) is 11.1. The molecule has 0 atom stereocenters. The molecule has 0 unspecified atom stereocenters. The van der Waals surface area contributed by atoms with Gasteiger partial charge in [0.1, 0.15) is 5.75 Å². The van der Waals surface area contributed by atoms with E-state index in [0.717, 1.165) is 10.9 Å². The van der Waals surface area contributed by atoms with Crippen LogP contribution in [0, 0.1) is 0 Å². The Labute approximate surface area is 132 Å². The van der Waals surface area contributed by atoms with Crippen molar-refractivity contribution in [1.29, 1.82) is 0 Å². The Bertz CT molecular complexity index is 943. The number of rotatable bonds is 4. The SMILES string of the molecule is COc1ccc2c(ccc(=O)n2Cc2ccccc2C(=O)O)c1. The minimum atomic E-state index is -1.00. The van der Waals surface area contributed by atoms with Crippen LogP contribution in [-0.4, -0.2) is 22.8 Å². The van der Waals surface area contributed by atoms with Crippen molar-refractivity contribution in [2.45, 2.75) is 6.54 Å². The van der Waals surface area contributed by atoms with Crippen LogP contribution in [0.5, 0.6) is 5.75 Å². The summed E-state index contributed by atoms with van der Waals surface area (Å²) in [6, 6.07) is 15.3. The molecule has 0 fully saturated rings. The maximum atomic E-state index is 12.3. The number of hydrogen-bond acceptors (Lipinski definition) is 3. The fourth-order valence-electron chi connectivity index (χ4n) is 2.61. The number of methoxy groups -OCH3 is 1. The molecule has 1 N–H and O–H groups in total. The molecule has 2 aromatic carbocycles. The Morgan fingerprint density at radius 2 is 1.91 bits per heavy atom.